The first-order valence-corrected chi connectivity index (χ1v) is 7.91. The minimum absolute atomic E-state index is 0.0272. The van der Waals surface area contributed by atoms with Crippen LogP contribution in [0.4, 0.5) is 0 Å². The van der Waals surface area contributed by atoms with Crippen LogP contribution in [0.25, 0.3) is 0 Å². The zero-order chi connectivity index (χ0) is 13.4. The van der Waals surface area contributed by atoms with Crippen molar-refractivity contribution in [3.8, 4) is 0 Å². The maximum atomic E-state index is 12.0. The molecular weight excluding hydrogens is 250 g/mol. The summed E-state index contributed by atoms with van der Waals surface area (Å²) in [6.07, 6.45) is 5.68. The lowest BCUT2D eigenvalue weighted by molar-refractivity contribution is -0.142. The van der Waals surface area contributed by atoms with Crippen molar-refractivity contribution in [3.05, 3.63) is 0 Å². The number of carboxylic acid groups (broad SMARTS) is 1. The number of amides is 1. The van der Waals surface area contributed by atoms with Crippen LogP contribution in [0.15, 0.2) is 0 Å². The average Bonchev–Trinajstić information content (AvgIpc) is 2.38. The molecule has 1 aliphatic rings. The van der Waals surface area contributed by atoms with Crippen LogP contribution in [-0.2, 0) is 9.59 Å². The topological polar surface area (TPSA) is 66.4 Å². The molecule has 1 unspecified atom stereocenters. The minimum Gasteiger partial charge on any atom is -0.480 e. The Morgan fingerprint density at radius 3 is 2.56 bits per heavy atom. The van der Waals surface area contributed by atoms with Gasteiger partial charge in [0.25, 0.3) is 0 Å². The van der Waals surface area contributed by atoms with Crippen LogP contribution in [0.2, 0.25) is 0 Å². The molecule has 0 aliphatic heterocycles. The van der Waals surface area contributed by atoms with Crippen LogP contribution in [-0.4, -0.2) is 34.5 Å². The van der Waals surface area contributed by atoms with E-state index in [9.17, 15) is 9.59 Å². The highest BCUT2D eigenvalue weighted by Crippen LogP contribution is 2.23. The quantitative estimate of drug-likeness (QED) is 0.698. The second-order valence-electron chi connectivity index (χ2n) is 4.72. The van der Waals surface area contributed by atoms with Gasteiger partial charge < -0.3 is 10.4 Å². The van der Waals surface area contributed by atoms with E-state index in [-0.39, 0.29) is 11.8 Å². The lowest BCUT2D eigenvalue weighted by Gasteiger charge is -2.23. The summed E-state index contributed by atoms with van der Waals surface area (Å²) in [5.41, 5.74) is 0. The van der Waals surface area contributed by atoms with Gasteiger partial charge >= 0.3 is 5.97 Å². The molecule has 0 aromatic rings. The van der Waals surface area contributed by atoms with E-state index in [0.29, 0.717) is 6.42 Å². The summed E-state index contributed by atoms with van der Waals surface area (Å²) in [5, 5.41) is 11.8. The van der Waals surface area contributed by atoms with Crippen molar-refractivity contribution in [1.82, 2.24) is 5.32 Å². The number of carbonyl (C=O) groups excluding carboxylic acids is 1. The molecular formula is C13H23NO3S. The number of aliphatic carboxylic acids is 1. The van der Waals surface area contributed by atoms with Gasteiger partial charge in [0.2, 0.25) is 5.91 Å². The average molecular weight is 273 g/mol. The summed E-state index contributed by atoms with van der Waals surface area (Å²) in [6.45, 7) is 2.04. The van der Waals surface area contributed by atoms with E-state index < -0.39 is 12.0 Å². The molecule has 0 aromatic heterocycles. The monoisotopic (exact) mass is 273 g/mol. The van der Waals surface area contributed by atoms with Crippen LogP contribution in [0, 0.1) is 5.92 Å². The van der Waals surface area contributed by atoms with Crippen LogP contribution in [0.1, 0.15) is 45.4 Å². The van der Waals surface area contributed by atoms with Crippen molar-refractivity contribution in [1.29, 1.82) is 0 Å². The highest BCUT2D eigenvalue weighted by Gasteiger charge is 2.26. The largest absolute Gasteiger partial charge is 0.480 e. The summed E-state index contributed by atoms with van der Waals surface area (Å²) in [4.78, 5) is 23.1. The van der Waals surface area contributed by atoms with Gasteiger partial charge in [-0.05, 0) is 30.8 Å². The second-order valence-corrected chi connectivity index (χ2v) is 6.11. The number of hydrogen-bond donors (Lipinski definition) is 2. The molecule has 0 saturated heterocycles. The highest BCUT2D eigenvalue weighted by atomic mass is 32.2. The molecule has 1 atom stereocenters. The Hall–Kier alpha value is -0.710. The number of thioether (sulfide) groups is 1. The molecule has 18 heavy (non-hydrogen) atoms. The minimum atomic E-state index is -0.920. The fourth-order valence-corrected chi connectivity index (χ4v) is 2.95. The molecule has 0 aromatic carbocycles. The van der Waals surface area contributed by atoms with Crippen molar-refractivity contribution in [3.63, 3.8) is 0 Å². The van der Waals surface area contributed by atoms with Crippen LogP contribution >= 0.6 is 11.8 Å². The maximum Gasteiger partial charge on any atom is 0.326 e. The Morgan fingerprint density at radius 1 is 1.33 bits per heavy atom. The summed E-state index contributed by atoms with van der Waals surface area (Å²) in [6, 6.07) is -0.724. The van der Waals surface area contributed by atoms with E-state index in [0.717, 1.165) is 37.2 Å². The van der Waals surface area contributed by atoms with Gasteiger partial charge in [0.15, 0.2) is 0 Å². The SMILES string of the molecule is CCSCCC(NC(=O)C1CCCCC1)C(=O)O. The highest BCUT2D eigenvalue weighted by molar-refractivity contribution is 7.99. The van der Waals surface area contributed by atoms with Crippen molar-refractivity contribution < 1.29 is 14.7 Å². The summed E-state index contributed by atoms with van der Waals surface area (Å²) in [5.74, 6) is 0.792. The third-order valence-electron chi connectivity index (χ3n) is 3.35. The molecule has 0 heterocycles. The van der Waals surface area contributed by atoms with Crippen molar-refractivity contribution in [2.45, 2.75) is 51.5 Å². The van der Waals surface area contributed by atoms with E-state index in [1.165, 1.54) is 6.42 Å². The molecule has 4 nitrogen and oxygen atoms in total. The second kappa shape index (κ2) is 8.40. The summed E-state index contributed by atoms with van der Waals surface area (Å²) < 4.78 is 0. The maximum absolute atomic E-state index is 12.0. The summed E-state index contributed by atoms with van der Waals surface area (Å²) >= 11 is 1.70. The fourth-order valence-electron chi connectivity index (χ4n) is 2.26. The van der Waals surface area contributed by atoms with Crippen molar-refractivity contribution >= 4 is 23.6 Å². The Bertz CT molecular complexity index is 277. The van der Waals surface area contributed by atoms with Gasteiger partial charge in [0.05, 0.1) is 0 Å². The molecule has 1 rings (SSSR count). The third-order valence-corrected chi connectivity index (χ3v) is 4.28. The van der Waals surface area contributed by atoms with Crippen LogP contribution in [0.5, 0.6) is 0 Å². The molecule has 0 spiro atoms. The number of carbonyl (C=O) groups is 2. The van der Waals surface area contributed by atoms with E-state index in [1.807, 2.05) is 6.92 Å². The lowest BCUT2D eigenvalue weighted by atomic mass is 9.88. The Labute approximate surface area is 113 Å². The third kappa shape index (κ3) is 5.29. The van der Waals surface area contributed by atoms with Gasteiger partial charge in [-0.3, -0.25) is 4.79 Å². The number of hydrogen-bond acceptors (Lipinski definition) is 3. The Kier molecular flexibility index (Phi) is 7.16. The van der Waals surface area contributed by atoms with E-state index in [1.54, 1.807) is 11.8 Å². The predicted octanol–water partition coefficient (Wildman–Crippen LogP) is 2.28. The molecule has 1 saturated carbocycles. The van der Waals surface area contributed by atoms with Gasteiger partial charge in [0.1, 0.15) is 6.04 Å². The van der Waals surface area contributed by atoms with Gasteiger partial charge in [0, 0.05) is 5.92 Å². The molecule has 1 aliphatic carbocycles. The Morgan fingerprint density at radius 2 is 2.00 bits per heavy atom. The molecule has 1 amide bonds. The standard InChI is InChI=1S/C13H23NO3S/c1-2-18-9-8-11(13(16)17)14-12(15)10-6-4-3-5-7-10/h10-11H,2-9H2,1H3,(H,14,15)(H,16,17). The van der Waals surface area contributed by atoms with Crippen LogP contribution in [0.3, 0.4) is 0 Å². The normalized spacial score (nSPS) is 18.3. The zero-order valence-corrected chi connectivity index (χ0v) is 11.8. The number of carboxylic acids is 1. The first-order valence-electron chi connectivity index (χ1n) is 6.76. The Balaban J connectivity index is 2.38. The van der Waals surface area contributed by atoms with E-state index >= 15 is 0 Å². The van der Waals surface area contributed by atoms with E-state index in [4.69, 9.17) is 5.11 Å². The van der Waals surface area contributed by atoms with Gasteiger partial charge in [-0.1, -0.05) is 26.2 Å². The van der Waals surface area contributed by atoms with Crippen molar-refractivity contribution in [2.24, 2.45) is 5.92 Å². The van der Waals surface area contributed by atoms with Gasteiger partial charge in [-0.25, -0.2) is 4.79 Å². The fraction of sp³-hybridized carbons (Fsp3) is 0.846. The lowest BCUT2D eigenvalue weighted by Crippen LogP contribution is -2.44. The van der Waals surface area contributed by atoms with Gasteiger partial charge in [-0.2, -0.15) is 11.8 Å². The smallest absolute Gasteiger partial charge is 0.326 e. The first-order chi connectivity index (χ1) is 8.65. The molecule has 1 fully saturated rings. The van der Waals surface area contributed by atoms with E-state index in [2.05, 4.69) is 5.32 Å². The van der Waals surface area contributed by atoms with Gasteiger partial charge in [-0.15, -0.1) is 0 Å². The first kappa shape index (κ1) is 15.3. The van der Waals surface area contributed by atoms with Crippen molar-refractivity contribution in [2.75, 3.05) is 11.5 Å². The summed E-state index contributed by atoms with van der Waals surface area (Å²) in [7, 11) is 0. The number of nitrogens with one attached hydrogen (secondary N) is 1. The zero-order valence-electron chi connectivity index (χ0n) is 11.0. The molecule has 2 N–H and O–H groups in total. The molecule has 0 radical (unpaired) electrons. The van der Waals surface area contributed by atoms with Crippen LogP contribution < -0.4 is 5.32 Å². The predicted molar refractivity (Wildman–Crippen MR) is 73.8 cm³/mol. The molecule has 5 heteroatoms. The molecule has 0 bridgehead atoms. The molecule has 104 valence electrons. The number of rotatable bonds is 7.